The largest absolute Gasteiger partial charge is 0.416 e. The van der Waals surface area contributed by atoms with Crippen LogP contribution in [-0.2, 0) is 12.4 Å². The molecule has 4 heterocycles. The minimum atomic E-state index is -4.36. The van der Waals surface area contributed by atoms with E-state index in [2.05, 4.69) is 33.8 Å². The van der Waals surface area contributed by atoms with Crippen LogP contribution in [0.15, 0.2) is 97.3 Å². The zero-order valence-corrected chi connectivity index (χ0v) is 36.7. The Bertz CT molecular complexity index is 2740. The number of halogens is 8. The fourth-order valence-electron chi connectivity index (χ4n) is 10.1. The normalized spacial score (nSPS) is 20.7. The van der Waals surface area contributed by atoms with Crippen LogP contribution < -0.4 is 0 Å². The summed E-state index contributed by atoms with van der Waals surface area (Å²) >= 11 is 12.2. The van der Waals surface area contributed by atoms with Crippen LogP contribution in [0.1, 0.15) is 123 Å². The number of H-pyrrole nitrogens is 2. The molecule has 2 aliphatic carbocycles. The highest BCUT2D eigenvalue weighted by Crippen LogP contribution is 2.45. The molecule has 2 atom stereocenters. The lowest BCUT2D eigenvalue weighted by Crippen LogP contribution is -2.19. The standard InChI is InChI=1S/2C25H23ClF3N3/c2*1-14(24-31-22-9-7-18(26)13-23(22)32-24)15-2-4-16(5-3-15)19-10-11-30-21-8-6-17(12-20(19)21)25(27,28)29/h2*6-16H,2-5H2,1H3,(H,31,32). The van der Waals surface area contributed by atoms with Crippen molar-refractivity contribution in [2.75, 3.05) is 0 Å². The van der Waals surface area contributed by atoms with Crippen molar-refractivity contribution in [1.29, 1.82) is 0 Å². The number of aromatic nitrogens is 6. The minimum Gasteiger partial charge on any atom is -0.342 e. The summed E-state index contributed by atoms with van der Waals surface area (Å²) in [4.78, 5) is 24.9. The van der Waals surface area contributed by atoms with Gasteiger partial charge in [0.05, 0.1) is 44.2 Å². The van der Waals surface area contributed by atoms with E-state index in [0.29, 0.717) is 43.7 Å². The summed E-state index contributed by atoms with van der Waals surface area (Å²) in [5, 5.41) is 2.60. The highest BCUT2D eigenvalue weighted by molar-refractivity contribution is 6.31. The maximum Gasteiger partial charge on any atom is 0.416 e. The summed E-state index contributed by atoms with van der Waals surface area (Å²) in [5.74, 6) is 3.90. The molecular formula is C50H46Cl2F6N6. The van der Waals surface area contributed by atoms with Crippen molar-refractivity contribution in [2.45, 2.75) is 101 Å². The van der Waals surface area contributed by atoms with E-state index < -0.39 is 23.5 Å². The SMILES string of the molecule is CC(c1nc2ccc(Cl)cc2[nH]1)C1CCC(c2ccnc3ccc(C(F)(F)F)cc23)CC1.CC(c1nc2ccc(Cl)cc2[nH]1)C1CCC(c2ccnc3ccc(C(F)(F)F)cc23)CC1. The molecule has 332 valence electrons. The topological polar surface area (TPSA) is 83.1 Å². The van der Waals surface area contributed by atoms with Gasteiger partial charge in [-0.25, -0.2) is 9.97 Å². The van der Waals surface area contributed by atoms with Crippen molar-refractivity contribution >= 4 is 67.1 Å². The Morgan fingerprint density at radius 3 is 1.25 bits per heavy atom. The second-order valence-electron chi connectivity index (χ2n) is 17.6. The number of hydrogen-bond acceptors (Lipinski definition) is 4. The van der Waals surface area contributed by atoms with Gasteiger partial charge in [0, 0.05) is 45.0 Å². The van der Waals surface area contributed by atoms with Crippen LogP contribution >= 0.6 is 23.2 Å². The van der Waals surface area contributed by atoms with Crippen molar-refractivity contribution < 1.29 is 26.3 Å². The predicted octanol–water partition coefficient (Wildman–Crippen LogP) is 15.7. The third-order valence-electron chi connectivity index (χ3n) is 13.8. The number of fused-ring (bicyclic) bond motifs is 4. The molecule has 2 unspecified atom stereocenters. The molecule has 0 spiro atoms. The summed E-state index contributed by atoms with van der Waals surface area (Å²) < 4.78 is 79.5. The van der Waals surface area contributed by atoms with Gasteiger partial charge in [0.2, 0.25) is 0 Å². The first-order chi connectivity index (χ1) is 30.6. The van der Waals surface area contributed by atoms with Gasteiger partial charge in [0.15, 0.2) is 0 Å². The highest BCUT2D eigenvalue weighted by atomic mass is 35.5. The minimum absolute atomic E-state index is 0.238. The fraction of sp³-hybridized carbons (Fsp3) is 0.360. The van der Waals surface area contributed by atoms with Crippen LogP contribution in [0.5, 0.6) is 0 Å². The Labute approximate surface area is 376 Å². The van der Waals surface area contributed by atoms with Crippen molar-refractivity contribution in [2.24, 2.45) is 11.8 Å². The van der Waals surface area contributed by atoms with Crippen molar-refractivity contribution in [3.8, 4) is 0 Å². The van der Waals surface area contributed by atoms with Crippen LogP contribution in [0.4, 0.5) is 26.3 Å². The van der Waals surface area contributed by atoms with Gasteiger partial charge >= 0.3 is 12.4 Å². The Hall–Kier alpha value is -5.20. The summed E-state index contributed by atoms with van der Waals surface area (Å²) in [7, 11) is 0. The molecule has 8 aromatic rings. The third-order valence-corrected chi connectivity index (χ3v) is 14.3. The zero-order chi connectivity index (χ0) is 44.9. The molecule has 0 amide bonds. The number of alkyl halides is 6. The predicted molar refractivity (Wildman–Crippen MR) is 242 cm³/mol. The number of pyridine rings is 2. The van der Waals surface area contributed by atoms with Gasteiger partial charge < -0.3 is 9.97 Å². The van der Waals surface area contributed by atoms with Gasteiger partial charge in [-0.3, -0.25) is 9.97 Å². The molecule has 4 aromatic carbocycles. The average Bonchev–Trinajstić information content (AvgIpc) is 3.91. The van der Waals surface area contributed by atoms with Crippen LogP contribution in [-0.4, -0.2) is 29.9 Å². The molecule has 2 fully saturated rings. The molecule has 0 radical (unpaired) electrons. The Kier molecular flexibility index (Phi) is 12.1. The number of nitrogens with one attached hydrogen (secondary N) is 2. The van der Waals surface area contributed by atoms with Crippen molar-refractivity contribution in [3.05, 3.63) is 141 Å². The lowest BCUT2D eigenvalue weighted by Gasteiger charge is -2.32. The highest BCUT2D eigenvalue weighted by Gasteiger charge is 2.34. The molecule has 14 heteroatoms. The van der Waals surface area contributed by atoms with Crippen molar-refractivity contribution in [1.82, 2.24) is 29.9 Å². The van der Waals surface area contributed by atoms with Gasteiger partial charge in [-0.05, 0) is 171 Å². The molecule has 2 saturated carbocycles. The number of hydrogen-bond donors (Lipinski definition) is 2. The fourth-order valence-corrected chi connectivity index (χ4v) is 10.5. The van der Waals surface area contributed by atoms with E-state index >= 15 is 0 Å². The Morgan fingerprint density at radius 2 is 0.875 bits per heavy atom. The second kappa shape index (κ2) is 17.6. The lowest BCUT2D eigenvalue weighted by molar-refractivity contribution is -0.138. The molecule has 4 aromatic heterocycles. The van der Waals surface area contributed by atoms with E-state index in [4.69, 9.17) is 33.2 Å². The monoisotopic (exact) mass is 914 g/mol. The number of rotatable bonds is 6. The summed E-state index contributed by atoms with van der Waals surface area (Å²) in [6.45, 7) is 4.39. The van der Waals surface area contributed by atoms with E-state index in [9.17, 15) is 26.3 Å². The zero-order valence-electron chi connectivity index (χ0n) is 35.2. The number of aromatic amines is 2. The summed E-state index contributed by atoms with van der Waals surface area (Å²) in [5.41, 5.74) is 5.66. The third kappa shape index (κ3) is 9.18. The van der Waals surface area contributed by atoms with Crippen LogP contribution in [0, 0.1) is 11.8 Å². The average molecular weight is 916 g/mol. The molecule has 0 saturated heterocycles. The van der Waals surface area contributed by atoms with E-state index in [1.807, 2.05) is 48.5 Å². The Balaban J connectivity index is 0.000000162. The molecular weight excluding hydrogens is 869 g/mol. The maximum absolute atomic E-state index is 13.3. The van der Waals surface area contributed by atoms with Crippen LogP contribution in [0.25, 0.3) is 43.9 Å². The van der Waals surface area contributed by atoms with Crippen molar-refractivity contribution in [3.63, 3.8) is 0 Å². The van der Waals surface area contributed by atoms with Gasteiger partial charge in [0.1, 0.15) is 11.6 Å². The van der Waals surface area contributed by atoms with Gasteiger partial charge in [-0.2, -0.15) is 26.3 Å². The summed E-state index contributed by atoms with van der Waals surface area (Å²) in [6, 6.07) is 22.8. The first kappa shape index (κ1) is 44.0. The first-order valence-electron chi connectivity index (χ1n) is 21.8. The van der Waals surface area contributed by atoms with Crippen LogP contribution in [0.3, 0.4) is 0 Å². The quantitative estimate of drug-likeness (QED) is 0.163. The van der Waals surface area contributed by atoms with E-state index in [-0.39, 0.29) is 23.7 Å². The maximum atomic E-state index is 13.3. The number of nitrogens with zero attached hydrogens (tertiary/aromatic N) is 4. The molecule has 64 heavy (non-hydrogen) atoms. The second-order valence-corrected chi connectivity index (χ2v) is 18.5. The van der Waals surface area contributed by atoms with Gasteiger partial charge in [-0.15, -0.1) is 0 Å². The molecule has 0 bridgehead atoms. The first-order valence-corrected chi connectivity index (χ1v) is 22.6. The van der Waals surface area contributed by atoms with Gasteiger partial charge in [-0.1, -0.05) is 37.0 Å². The molecule has 0 aliphatic heterocycles. The van der Waals surface area contributed by atoms with E-state index in [1.165, 1.54) is 24.3 Å². The molecule has 2 N–H and O–H groups in total. The van der Waals surface area contributed by atoms with E-state index in [1.54, 1.807) is 12.4 Å². The number of imidazole rings is 2. The van der Waals surface area contributed by atoms with Gasteiger partial charge in [0.25, 0.3) is 0 Å². The Morgan fingerprint density at radius 1 is 0.500 bits per heavy atom. The van der Waals surface area contributed by atoms with Crippen LogP contribution in [0.2, 0.25) is 10.0 Å². The molecule has 10 rings (SSSR count). The molecule has 6 nitrogen and oxygen atoms in total. The summed E-state index contributed by atoms with van der Waals surface area (Å²) in [6.07, 6.45) is 2.49. The molecule has 2 aliphatic rings. The van der Waals surface area contributed by atoms with E-state index in [0.717, 1.165) is 108 Å². The smallest absolute Gasteiger partial charge is 0.342 e. The number of benzene rings is 4. The lowest BCUT2D eigenvalue weighted by atomic mass is 9.73.